The van der Waals surface area contributed by atoms with Crippen molar-refractivity contribution in [3.05, 3.63) is 54.9 Å². The van der Waals surface area contributed by atoms with Gasteiger partial charge in [0.15, 0.2) is 0 Å². The molecule has 0 aliphatic carbocycles. The van der Waals surface area contributed by atoms with Crippen LogP contribution in [0, 0.1) is 11.8 Å². The van der Waals surface area contributed by atoms with Crippen LogP contribution < -0.4 is 15.1 Å². The van der Waals surface area contributed by atoms with Gasteiger partial charge in [-0.3, -0.25) is 4.79 Å². The second kappa shape index (κ2) is 12.4. The normalized spacial score (nSPS) is 26.5. The highest BCUT2D eigenvalue weighted by Crippen LogP contribution is 2.42. The largest absolute Gasteiger partial charge is 0.379 e. The maximum atomic E-state index is 13.1. The molecule has 46 heavy (non-hydrogen) atoms. The van der Waals surface area contributed by atoms with Gasteiger partial charge in [-0.1, -0.05) is 25.5 Å². The van der Waals surface area contributed by atoms with Crippen molar-refractivity contribution < 1.29 is 17.9 Å². The van der Waals surface area contributed by atoms with Crippen LogP contribution >= 0.6 is 0 Å². The number of anilines is 4. The van der Waals surface area contributed by atoms with Crippen molar-refractivity contribution in [1.29, 1.82) is 0 Å². The lowest BCUT2D eigenvalue weighted by molar-refractivity contribution is -0.128. The number of fused-ring (bicyclic) bond motifs is 2. The summed E-state index contributed by atoms with van der Waals surface area (Å²) in [6.07, 6.45) is 11.4. The Labute approximate surface area is 271 Å². The zero-order chi connectivity index (χ0) is 32.0. The van der Waals surface area contributed by atoms with Crippen molar-refractivity contribution in [1.82, 2.24) is 19.9 Å². The number of benzene rings is 1. The van der Waals surface area contributed by atoms with Crippen LogP contribution in [-0.4, -0.2) is 91.1 Å². The number of rotatable bonds is 8. The van der Waals surface area contributed by atoms with E-state index in [0.29, 0.717) is 49.2 Å². The summed E-state index contributed by atoms with van der Waals surface area (Å²) in [5, 5.41) is 5.43. The zero-order valence-electron chi connectivity index (χ0n) is 26.6. The summed E-state index contributed by atoms with van der Waals surface area (Å²) >= 11 is 0. The van der Waals surface area contributed by atoms with Gasteiger partial charge in [0.05, 0.1) is 31.1 Å². The van der Waals surface area contributed by atoms with Crippen LogP contribution in [0.2, 0.25) is 0 Å². The van der Waals surface area contributed by atoms with E-state index in [0.717, 1.165) is 67.3 Å². The van der Waals surface area contributed by atoms with Crippen molar-refractivity contribution in [2.75, 3.05) is 60.0 Å². The second-order valence-corrected chi connectivity index (χ2v) is 15.5. The number of nitrogens with one attached hydrogen (secondary N) is 1. The van der Waals surface area contributed by atoms with Gasteiger partial charge in [-0.25, -0.2) is 18.4 Å². The van der Waals surface area contributed by atoms with Crippen LogP contribution in [0.5, 0.6) is 0 Å². The van der Waals surface area contributed by atoms with Crippen molar-refractivity contribution in [2.45, 2.75) is 57.2 Å². The van der Waals surface area contributed by atoms with E-state index >= 15 is 0 Å². The van der Waals surface area contributed by atoms with Crippen LogP contribution in [0.25, 0.3) is 10.8 Å². The average Bonchev–Trinajstić information content (AvgIpc) is 3.59. The molecule has 244 valence electrons. The quantitative estimate of drug-likeness (QED) is 0.351. The number of likely N-dealkylation sites (tertiary alicyclic amines) is 1. The van der Waals surface area contributed by atoms with Gasteiger partial charge in [0.25, 0.3) is 0 Å². The van der Waals surface area contributed by atoms with E-state index in [4.69, 9.17) is 14.7 Å². The average molecular weight is 646 g/mol. The van der Waals surface area contributed by atoms with E-state index in [1.807, 2.05) is 17.2 Å². The highest BCUT2D eigenvalue weighted by Gasteiger charge is 2.40. The summed E-state index contributed by atoms with van der Waals surface area (Å²) in [6, 6.07) is 8.48. The van der Waals surface area contributed by atoms with E-state index in [1.165, 1.54) is 12.3 Å². The number of carbonyl (C=O) groups is 1. The Morgan fingerprint density at radius 2 is 1.93 bits per heavy atom. The fourth-order valence-corrected chi connectivity index (χ4v) is 9.03. The van der Waals surface area contributed by atoms with Gasteiger partial charge >= 0.3 is 0 Å². The number of hydrogen-bond acceptors (Lipinski definition) is 10. The number of aromatic nitrogens is 3. The molecule has 4 aliphatic heterocycles. The van der Waals surface area contributed by atoms with E-state index in [9.17, 15) is 13.2 Å². The topological polar surface area (TPSA) is 121 Å². The molecule has 0 radical (unpaired) electrons. The maximum absolute atomic E-state index is 13.1. The standard InChI is InChI=1S/C34H43N7O4S/c1-4-33(42)39-14-7-5-6-8-28(39)25-9-10-29(41-18-24(22(41)2)21-46(3,43)44)27-17-36-32(16-26(25)27)37-31-11-13-35-34(38-31)40-15-12-23-19-45-20-30(23)40/h4,9-11,13,16-17,22-24,28,30H,1,5-8,12,14-15,18-21H2,2-3H3,(H,35,36,37,38)/t22-,23-,24-,28-,30+/m1/s1. The monoisotopic (exact) mass is 645 g/mol. The fraction of sp³-hybridized carbons (Fsp3) is 0.529. The summed E-state index contributed by atoms with van der Waals surface area (Å²) in [4.78, 5) is 33.8. The summed E-state index contributed by atoms with van der Waals surface area (Å²) in [5.74, 6) is 2.74. The molecule has 4 aliphatic rings. The lowest BCUT2D eigenvalue weighted by atomic mass is 9.88. The first-order chi connectivity index (χ1) is 22.2. The molecule has 0 spiro atoms. The Kier molecular flexibility index (Phi) is 8.35. The van der Waals surface area contributed by atoms with Crippen molar-refractivity contribution in [2.24, 2.45) is 11.8 Å². The minimum atomic E-state index is -3.07. The van der Waals surface area contributed by atoms with E-state index in [2.05, 4.69) is 51.8 Å². The third-order valence-electron chi connectivity index (χ3n) is 10.4. The highest BCUT2D eigenvalue weighted by molar-refractivity contribution is 7.90. The van der Waals surface area contributed by atoms with Gasteiger partial charge in [0.1, 0.15) is 21.5 Å². The molecule has 4 saturated heterocycles. The number of hydrogen-bond donors (Lipinski definition) is 1. The lowest BCUT2D eigenvalue weighted by Gasteiger charge is -2.48. The minimum absolute atomic E-state index is 0.0538. The molecule has 4 fully saturated rings. The number of amides is 1. The van der Waals surface area contributed by atoms with Crippen LogP contribution in [-0.2, 0) is 19.4 Å². The molecule has 6 heterocycles. The van der Waals surface area contributed by atoms with Crippen LogP contribution in [0.3, 0.4) is 0 Å². The van der Waals surface area contributed by atoms with E-state index < -0.39 is 9.84 Å². The number of sulfone groups is 1. The first kappa shape index (κ1) is 30.9. The van der Waals surface area contributed by atoms with Crippen molar-refractivity contribution in [3.8, 4) is 0 Å². The third kappa shape index (κ3) is 5.92. The Hall–Kier alpha value is -3.77. The molecule has 11 nitrogen and oxygen atoms in total. The predicted molar refractivity (Wildman–Crippen MR) is 180 cm³/mol. The van der Waals surface area contributed by atoms with Gasteiger partial charge < -0.3 is 24.8 Å². The molecule has 12 heteroatoms. The predicted octanol–water partition coefficient (Wildman–Crippen LogP) is 4.49. The van der Waals surface area contributed by atoms with Crippen LogP contribution in [0.1, 0.15) is 50.6 Å². The molecular formula is C34H43N7O4S. The molecular weight excluding hydrogens is 602 g/mol. The van der Waals surface area contributed by atoms with Crippen molar-refractivity contribution in [3.63, 3.8) is 0 Å². The summed E-state index contributed by atoms with van der Waals surface area (Å²) in [7, 11) is -3.07. The SMILES string of the molecule is C=CC(=O)N1CCCCC[C@@H]1c1ccc(N2C[C@H](CS(C)(=O)=O)[C@H]2C)c2cnc(Nc3ccnc(N4CC[C@@H]5COC[C@@H]54)n3)cc12. The molecule has 0 saturated carbocycles. The number of carbonyl (C=O) groups excluding carboxylic acids is 1. The Balaban J connectivity index is 1.25. The molecule has 1 N–H and O–H groups in total. The van der Waals surface area contributed by atoms with Crippen molar-refractivity contribution >= 4 is 49.8 Å². The van der Waals surface area contributed by atoms with Gasteiger partial charge in [-0.2, -0.15) is 4.98 Å². The first-order valence-electron chi connectivity index (χ1n) is 16.4. The fourth-order valence-electron chi connectivity index (χ4n) is 7.87. The maximum Gasteiger partial charge on any atom is 0.246 e. The zero-order valence-corrected chi connectivity index (χ0v) is 27.5. The molecule has 5 atom stereocenters. The summed E-state index contributed by atoms with van der Waals surface area (Å²) < 4.78 is 29.8. The van der Waals surface area contributed by atoms with Gasteiger partial charge in [-0.15, -0.1) is 0 Å². The Morgan fingerprint density at radius 3 is 2.74 bits per heavy atom. The van der Waals surface area contributed by atoms with E-state index in [1.54, 1.807) is 6.20 Å². The third-order valence-corrected chi connectivity index (χ3v) is 11.4. The molecule has 0 bridgehead atoms. The molecule has 1 amide bonds. The highest BCUT2D eigenvalue weighted by atomic mass is 32.2. The summed E-state index contributed by atoms with van der Waals surface area (Å²) in [6.45, 7) is 9.66. The molecule has 2 aromatic heterocycles. The van der Waals surface area contributed by atoms with E-state index in [-0.39, 0.29) is 29.7 Å². The second-order valence-electron chi connectivity index (χ2n) is 13.3. The minimum Gasteiger partial charge on any atom is -0.379 e. The first-order valence-corrected chi connectivity index (χ1v) is 18.5. The van der Waals surface area contributed by atoms with Gasteiger partial charge in [0, 0.05) is 67.2 Å². The number of nitrogens with zero attached hydrogens (tertiary/aromatic N) is 6. The lowest BCUT2D eigenvalue weighted by Crippen LogP contribution is -2.57. The molecule has 3 aromatic rings. The molecule has 1 aromatic carbocycles. The van der Waals surface area contributed by atoms with Crippen LogP contribution in [0.15, 0.2) is 49.3 Å². The van der Waals surface area contributed by atoms with Gasteiger partial charge in [-0.05, 0) is 61.4 Å². The molecule has 0 unspecified atom stereocenters. The smallest absolute Gasteiger partial charge is 0.246 e. The van der Waals surface area contributed by atoms with Crippen LogP contribution in [0.4, 0.5) is 23.3 Å². The van der Waals surface area contributed by atoms with Gasteiger partial charge in [0.2, 0.25) is 11.9 Å². The Morgan fingerprint density at radius 1 is 1.07 bits per heavy atom. The number of pyridine rings is 1. The number of ether oxygens (including phenoxy) is 1. The molecule has 7 rings (SSSR count). The summed E-state index contributed by atoms with van der Waals surface area (Å²) in [5.41, 5.74) is 2.10. The Bertz CT molecular complexity index is 1750.